The minimum atomic E-state index is -2.88. The fourth-order valence-corrected chi connectivity index (χ4v) is 1.82. The van der Waals surface area contributed by atoms with Crippen LogP contribution in [0.3, 0.4) is 0 Å². The highest BCUT2D eigenvalue weighted by atomic mass is 16.5. The van der Waals surface area contributed by atoms with Crippen molar-refractivity contribution >= 4 is 16.7 Å². The number of methoxy groups -OCH3 is 1. The van der Waals surface area contributed by atoms with Crippen molar-refractivity contribution in [3.8, 4) is 5.75 Å². The van der Waals surface area contributed by atoms with Crippen molar-refractivity contribution in [3.05, 3.63) is 42.0 Å². The van der Waals surface area contributed by atoms with E-state index in [0.29, 0.717) is 11.3 Å². The highest BCUT2D eigenvalue weighted by molar-refractivity contribution is 5.87. The van der Waals surface area contributed by atoms with Crippen LogP contribution in [0.2, 0.25) is 0 Å². The molecule has 3 heteroatoms. The molecule has 18 heavy (non-hydrogen) atoms. The monoisotopic (exact) mass is 248 g/mol. The molecule has 0 spiro atoms. The van der Waals surface area contributed by atoms with Gasteiger partial charge >= 0.3 is 0 Å². The molecule has 0 bridgehead atoms. The Bertz CT molecular complexity index is 727. The summed E-state index contributed by atoms with van der Waals surface area (Å²) in [4.78, 5) is 11.5. The second-order valence-electron chi connectivity index (χ2n) is 3.81. The third-order valence-corrected chi connectivity index (χ3v) is 2.66. The van der Waals surface area contributed by atoms with Crippen molar-refractivity contribution in [2.75, 3.05) is 13.6 Å². The largest absolute Gasteiger partial charge is 0.497 e. The van der Waals surface area contributed by atoms with Crippen molar-refractivity contribution in [1.82, 2.24) is 5.32 Å². The molecule has 1 amide bonds. The van der Waals surface area contributed by atoms with E-state index in [-0.39, 0.29) is 6.42 Å². The normalized spacial score (nSPS) is 15.9. The van der Waals surface area contributed by atoms with E-state index < -0.39 is 19.3 Å². The molecular weight excluding hydrogens is 226 g/mol. The van der Waals surface area contributed by atoms with Crippen LogP contribution < -0.4 is 10.1 Å². The number of ether oxygens (including phenoxy) is 1. The van der Waals surface area contributed by atoms with Crippen LogP contribution in [0.1, 0.15) is 19.3 Å². The van der Waals surface area contributed by atoms with Gasteiger partial charge in [0.1, 0.15) is 5.75 Å². The Hall–Kier alpha value is -2.03. The minimum absolute atomic E-state index is 0.153. The van der Waals surface area contributed by atoms with E-state index in [4.69, 9.17) is 11.6 Å². The minimum Gasteiger partial charge on any atom is -0.497 e. The number of fused-ring (bicyclic) bond motifs is 1. The number of hydrogen-bond donors (Lipinski definition) is 1. The molecule has 3 nitrogen and oxygen atoms in total. The van der Waals surface area contributed by atoms with Crippen molar-refractivity contribution in [3.63, 3.8) is 0 Å². The molecule has 0 unspecified atom stereocenters. The number of aryl methyl sites for hydroxylation is 1. The number of carbonyl (C=O) groups is 1. The molecule has 1 N–H and O–H groups in total. The van der Waals surface area contributed by atoms with Crippen molar-refractivity contribution in [2.45, 2.75) is 13.3 Å². The Balaban J connectivity index is 2.31. The Labute approximate surface area is 114 Å². The predicted octanol–water partition coefficient (Wildman–Crippen LogP) is 2.53. The lowest BCUT2D eigenvalue weighted by molar-refractivity contribution is -0.118. The van der Waals surface area contributed by atoms with Crippen molar-refractivity contribution in [2.24, 2.45) is 0 Å². The summed E-state index contributed by atoms with van der Waals surface area (Å²) >= 11 is 0. The molecule has 94 valence electrons. The van der Waals surface area contributed by atoms with Gasteiger partial charge in [-0.15, -0.1) is 0 Å². The molecule has 0 aliphatic rings. The lowest BCUT2D eigenvalue weighted by Crippen LogP contribution is -2.22. The molecule has 2 aromatic carbocycles. The van der Waals surface area contributed by atoms with Gasteiger partial charge in [0.25, 0.3) is 0 Å². The predicted molar refractivity (Wildman–Crippen MR) is 72.9 cm³/mol. The maximum atomic E-state index is 11.5. The van der Waals surface area contributed by atoms with Gasteiger partial charge in [-0.2, -0.15) is 0 Å². The summed E-state index contributed by atoms with van der Waals surface area (Å²) in [6.45, 7) is -5.06. The van der Waals surface area contributed by atoms with Gasteiger partial charge in [0, 0.05) is 20.2 Å². The summed E-state index contributed by atoms with van der Waals surface area (Å²) in [6.07, 6.45) is -0.153. The Morgan fingerprint density at radius 2 is 2.33 bits per heavy atom. The standard InChI is InChI=1S/C15H17NO2/c1-11(17)16-9-8-13-5-3-4-12-6-7-14(18-2)10-15(12)13/h3-7,10H,8-9H2,1-2H3,(H,16,17)/i1D3,9D2. The first-order valence-electron chi connectivity index (χ1n) is 8.01. The van der Waals surface area contributed by atoms with Gasteiger partial charge in [-0.05, 0) is 34.9 Å². The average Bonchev–Trinajstić information content (AvgIpc) is 2.45. The number of benzene rings is 2. The number of amides is 1. The van der Waals surface area contributed by atoms with E-state index >= 15 is 0 Å². The maximum Gasteiger partial charge on any atom is 0.216 e. The molecular formula is C15H17NO2. The van der Waals surface area contributed by atoms with Gasteiger partial charge in [0.05, 0.1) is 7.11 Å². The number of rotatable bonds is 4. The maximum absolute atomic E-state index is 11.5. The second-order valence-corrected chi connectivity index (χ2v) is 3.81. The van der Waals surface area contributed by atoms with Crippen LogP contribution in [-0.4, -0.2) is 19.5 Å². The first-order valence-corrected chi connectivity index (χ1v) is 5.51. The van der Waals surface area contributed by atoms with Crippen LogP contribution in [0.5, 0.6) is 5.75 Å². The van der Waals surface area contributed by atoms with Crippen LogP contribution in [0.4, 0.5) is 0 Å². The van der Waals surface area contributed by atoms with Crippen LogP contribution in [0.25, 0.3) is 10.8 Å². The zero-order valence-corrected chi connectivity index (χ0v) is 9.99. The average molecular weight is 248 g/mol. The molecule has 0 aliphatic carbocycles. The Kier molecular flexibility index (Phi) is 2.28. The SMILES string of the molecule is [2H]C([2H])(Cc1cccc2ccc(OC)cc12)NC(=O)C([2H])([2H])[2H]. The fourth-order valence-electron chi connectivity index (χ4n) is 1.82. The zero-order chi connectivity index (χ0) is 17.3. The third-order valence-electron chi connectivity index (χ3n) is 2.66. The van der Waals surface area contributed by atoms with Gasteiger partial charge in [0.15, 0.2) is 0 Å². The Morgan fingerprint density at radius 3 is 3.11 bits per heavy atom. The van der Waals surface area contributed by atoms with E-state index in [1.807, 2.05) is 17.4 Å². The molecule has 0 heterocycles. The van der Waals surface area contributed by atoms with Gasteiger partial charge in [0.2, 0.25) is 5.91 Å². The Morgan fingerprint density at radius 1 is 1.44 bits per heavy atom. The van der Waals surface area contributed by atoms with Crippen LogP contribution in [-0.2, 0) is 11.2 Å². The first kappa shape index (κ1) is 7.41. The molecule has 0 saturated carbocycles. The molecule has 0 fully saturated rings. The van der Waals surface area contributed by atoms with Gasteiger partial charge in [-0.1, -0.05) is 24.3 Å². The van der Waals surface area contributed by atoms with E-state index in [1.165, 1.54) is 0 Å². The first-order chi connectivity index (χ1) is 10.6. The molecule has 0 atom stereocenters. The van der Waals surface area contributed by atoms with Crippen molar-refractivity contribution in [1.29, 1.82) is 0 Å². The zero-order valence-electron chi connectivity index (χ0n) is 15.0. The molecule has 2 rings (SSSR count). The van der Waals surface area contributed by atoms with Gasteiger partial charge < -0.3 is 10.1 Å². The fraction of sp³-hybridized carbons (Fsp3) is 0.267. The summed E-state index contributed by atoms with van der Waals surface area (Å²) in [5.74, 6) is -0.669. The molecule has 0 radical (unpaired) electrons. The topological polar surface area (TPSA) is 38.3 Å². The molecule has 2 aromatic rings. The molecule has 0 aromatic heterocycles. The molecule has 0 aliphatic heterocycles. The summed E-state index contributed by atoms with van der Waals surface area (Å²) < 4.78 is 42.0. The van der Waals surface area contributed by atoms with Crippen LogP contribution >= 0.6 is 0 Å². The number of nitrogens with one attached hydrogen (secondary N) is 1. The van der Waals surface area contributed by atoms with Crippen molar-refractivity contribution < 1.29 is 16.4 Å². The highest BCUT2D eigenvalue weighted by Crippen LogP contribution is 2.24. The van der Waals surface area contributed by atoms with E-state index in [2.05, 4.69) is 0 Å². The molecule has 0 saturated heterocycles. The van der Waals surface area contributed by atoms with Gasteiger partial charge in [-0.3, -0.25) is 4.79 Å². The van der Waals surface area contributed by atoms with Gasteiger partial charge in [-0.25, -0.2) is 0 Å². The van der Waals surface area contributed by atoms with Crippen LogP contribution in [0, 0.1) is 0 Å². The summed E-state index contributed by atoms with van der Waals surface area (Å²) in [5, 5.41) is 3.63. The summed E-state index contributed by atoms with van der Waals surface area (Å²) in [6, 6.07) is 10.8. The van der Waals surface area contributed by atoms with E-state index in [9.17, 15) is 4.79 Å². The van der Waals surface area contributed by atoms with E-state index in [0.717, 1.165) is 10.8 Å². The smallest absolute Gasteiger partial charge is 0.216 e. The number of hydrogen-bond acceptors (Lipinski definition) is 2. The highest BCUT2D eigenvalue weighted by Gasteiger charge is 2.03. The number of carbonyl (C=O) groups excluding carboxylic acids is 1. The summed E-state index contributed by atoms with van der Waals surface area (Å²) in [5.41, 5.74) is 0.650. The second kappa shape index (κ2) is 5.54. The lowest BCUT2D eigenvalue weighted by Gasteiger charge is -2.08. The summed E-state index contributed by atoms with van der Waals surface area (Å²) in [7, 11) is 1.54. The lowest BCUT2D eigenvalue weighted by atomic mass is 10.0. The van der Waals surface area contributed by atoms with Crippen LogP contribution in [0.15, 0.2) is 36.4 Å². The van der Waals surface area contributed by atoms with E-state index in [1.54, 1.807) is 31.4 Å². The quantitative estimate of drug-likeness (QED) is 0.903. The third kappa shape index (κ3) is 2.80.